The van der Waals surface area contributed by atoms with Gasteiger partial charge in [-0.3, -0.25) is 9.59 Å². The molecule has 0 aliphatic carbocycles. The lowest BCUT2D eigenvalue weighted by Crippen LogP contribution is -2.26. The van der Waals surface area contributed by atoms with Crippen LogP contribution in [0, 0.1) is 0 Å². The molecule has 3 aromatic carbocycles. The van der Waals surface area contributed by atoms with Gasteiger partial charge in [-0.15, -0.1) is 6.58 Å². The Hall–Kier alpha value is -4.07. The molecular weight excluding hydrogens is 483 g/mol. The van der Waals surface area contributed by atoms with Crippen LogP contribution in [-0.4, -0.2) is 30.1 Å². The zero-order valence-electron chi connectivity index (χ0n) is 20.2. The van der Waals surface area contributed by atoms with Crippen LogP contribution in [0.4, 0.5) is 13.2 Å². The Kier molecular flexibility index (Phi) is 9.49. The number of carbonyl (C=O) groups is 2. The van der Waals surface area contributed by atoms with E-state index in [4.69, 9.17) is 9.84 Å². The molecule has 0 aliphatic rings. The summed E-state index contributed by atoms with van der Waals surface area (Å²) in [5.41, 5.74) is 3.20. The van der Waals surface area contributed by atoms with Gasteiger partial charge in [-0.25, -0.2) is 0 Å². The highest BCUT2D eigenvalue weighted by Crippen LogP contribution is 2.31. The summed E-state index contributed by atoms with van der Waals surface area (Å²) in [6.45, 7) is 4.25. The smallest absolute Gasteiger partial charge is 0.416 e. The zero-order valence-corrected chi connectivity index (χ0v) is 20.2. The van der Waals surface area contributed by atoms with Crippen LogP contribution in [0.5, 0.6) is 5.75 Å². The van der Waals surface area contributed by atoms with E-state index in [1.54, 1.807) is 24.3 Å². The van der Waals surface area contributed by atoms with Crippen molar-refractivity contribution in [2.75, 3.05) is 13.2 Å². The van der Waals surface area contributed by atoms with Gasteiger partial charge in [0.1, 0.15) is 5.75 Å². The lowest BCUT2D eigenvalue weighted by Gasteiger charge is -2.13. The maximum Gasteiger partial charge on any atom is 0.416 e. The molecule has 3 aromatic rings. The highest BCUT2D eigenvalue weighted by molar-refractivity contribution is 5.94. The third-order valence-corrected chi connectivity index (χ3v) is 5.68. The van der Waals surface area contributed by atoms with Crippen LogP contribution in [0.2, 0.25) is 0 Å². The molecule has 37 heavy (non-hydrogen) atoms. The summed E-state index contributed by atoms with van der Waals surface area (Å²) < 4.78 is 44.2. The molecular formula is C29H28F3NO4. The maximum atomic E-state index is 12.8. The maximum absolute atomic E-state index is 12.8. The Morgan fingerprint density at radius 3 is 2.22 bits per heavy atom. The lowest BCUT2D eigenvalue weighted by molar-refractivity contribution is -0.138. The van der Waals surface area contributed by atoms with Gasteiger partial charge in [0, 0.05) is 12.1 Å². The molecule has 0 saturated heterocycles. The number of benzene rings is 3. The summed E-state index contributed by atoms with van der Waals surface area (Å²) >= 11 is 0. The fraction of sp³-hybridized carbons (Fsp3) is 0.241. The number of carboxylic acid groups (broad SMARTS) is 1. The number of hydrogen-bond donors (Lipinski definition) is 2. The molecule has 1 amide bonds. The van der Waals surface area contributed by atoms with E-state index >= 15 is 0 Å². The first-order valence-corrected chi connectivity index (χ1v) is 11.8. The van der Waals surface area contributed by atoms with E-state index in [1.165, 1.54) is 12.1 Å². The van der Waals surface area contributed by atoms with Crippen molar-refractivity contribution >= 4 is 11.9 Å². The summed E-state index contributed by atoms with van der Waals surface area (Å²) in [7, 11) is 0. The SMILES string of the molecule is C=CCc1cc(C(=O)NCCC(=O)O)ccc1OCCCc1ccc(-c2ccc(C(F)(F)F)cc2)cc1. The average Bonchev–Trinajstić information content (AvgIpc) is 2.87. The predicted octanol–water partition coefficient (Wildman–Crippen LogP) is 6.32. The van der Waals surface area contributed by atoms with Gasteiger partial charge in [0.05, 0.1) is 18.6 Å². The molecule has 0 unspecified atom stereocenters. The molecule has 2 N–H and O–H groups in total. The van der Waals surface area contributed by atoms with Crippen molar-refractivity contribution in [2.45, 2.75) is 31.9 Å². The quantitative estimate of drug-likeness (QED) is 0.221. The number of nitrogens with one attached hydrogen (secondary N) is 1. The molecule has 0 bridgehead atoms. The minimum absolute atomic E-state index is 0.0501. The number of carbonyl (C=O) groups excluding carboxylic acids is 1. The van der Waals surface area contributed by atoms with E-state index in [0.29, 0.717) is 24.3 Å². The molecule has 8 heteroatoms. The molecule has 194 valence electrons. The van der Waals surface area contributed by atoms with Gasteiger partial charge in [-0.05, 0) is 71.8 Å². The molecule has 3 rings (SSSR count). The van der Waals surface area contributed by atoms with Crippen molar-refractivity contribution in [3.8, 4) is 16.9 Å². The summed E-state index contributed by atoms with van der Waals surface area (Å²) in [4.78, 5) is 22.9. The van der Waals surface area contributed by atoms with Crippen LogP contribution in [-0.2, 0) is 23.8 Å². The van der Waals surface area contributed by atoms with Crippen LogP contribution in [0.15, 0.2) is 79.4 Å². The predicted molar refractivity (Wildman–Crippen MR) is 136 cm³/mol. The Morgan fingerprint density at radius 1 is 0.973 bits per heavy atom. The second kappa shape index (κ2) is 12.8. The van der Waals surface area contributed by atoms with Crippen LogP contribution in [0.3, 0.4) is 0 Å². The Bertz CT molecular complexity index is 1220. The Labute approximate surface area is 213 Å². The van der Waals surface area contributed by atoms with Crippen molar-refractivity contribution < 1.29 is 32.6 Å². The molecule has 0 aliphatic heterocycles. The van der Waals surface area contributed by atoms with E-state index < -0.39 is 17.7 Å². The summed E-state index contributed by atoms with van der Waals surface area (Å²) in [6, 6.07) is 17.9. The zero-order chi connectivity index (χ0) is 26.8. The third kappa shape index (κ3) is 8.24. The number of amides is 1. The standard InChI is InChI=1S/C29H28F3NO4/c1-2-4-23-19-24(28(36)33-17-16-27(34)35)12-15-26(23)37-18-3-5-20-6-8-21(9-7-20)22-10-13-25(14-11-22)29(30,31)32/h2,6-15,19H,1,3-5,16-18H2,(H,33,36)(H,34,35). The molecule has 0 fully saturated rings. The Balaban J connectivity index is 1.52. The van der Waals surface area contributed by atoms with Gasteiger partial charge in [0.25, 0.3) is 5.91 Å². The van der Waals surface area contributed by atoms with Gasteiger partial charge < -0.3 is 15.2 Å². The van der Waals surface area contributed by atoms with Crippen LogP contribution >= 0.6 is 0 Å². The summed E-state index contributed by atoms with van der Waals surface area (Å²) in [5.74, 6) is -0.677. The van der Waals surface area contributed by atoms with Crippen molar-refractivity contribution in [1.82, 2.24) is 5.32 Å². The second-order valence-corrected chi connectivity index (χ2v) is 8.44. The first-order chi connectivity index (χ1) is 17.7. The molecule has 0 heterocycles. The Morgan fingerprint density at radius 2 is 1.62 bits per heavy atom. The van der Waals surface area contributed by atoms with E-state index in [-0.39, 0.29) is 18.9 Å². The van der Waals surface area contributed by atoms with Gasteiger partial charge in [-0.2, -0.15) is 13.2 Å². The molecule has 0 saturated carbocycles. The van der Waals surface area contributed by atoms with E-state index in [9.17, 15) is 22.8 Å². The van der Waals surface area contributed by atoms with Gasteiger partial charge >= 0.3 is 12.1 Å². The number of hydrogen-bond acceptors (Lipinski definition) is 3. The number of allylic oxidation sites excluding steroid dienone is 1. The number of rotatable bonds is 12. The fourth-order valence-electron chi connectivity index (χ4n) is 3.74. The van der Waals surface area contributed by atoms with Gasteiger partial charge in [0.15, 0.2) is 0 Å². The van der Waals surface area contributed by atoms with Crippen molar-refractivity contribution in [1.29, 1.82) is 0 Å². The molecule has 0 spiro atoms. The number of alkyl halides is 3. The monoisotopic (exact) mass is 511 g/mol. The van der Waals surface area contributed by atoms with Crippen molar-refractivity contribution in [2.24, 2.45) is 0 Å². The highest BCUT2D eigenvalue weighted by Gasteiger charge is 2.29. The van der Waals surface area contributed by atoms with Crippen molar-refractivity contribution in [3.63, 3.8) is 0 Å². The number of aryl methyl sites for hydroxylation is 1. The second-order valence-electron chi connectivity index (χ2n) is 8.44. The normalized spacial score (nSPS) is 11.1. The minimum atomic E-state index is -4.35. The first kappa shape index (κ1) is 27.5. The third-order valence-electron chi connectivity index (χ3n) is 5.68. The van der Waals surface area contributed by atoms with Crippen LogP contribution < -0.4 is 10.1 Å². The fourth-order valence-corrected chi connectivity index (χ4v) is 3.74. The molecule has 0 aromatic heterocycles. The van der Waals surface area contributed by atoms with Gasteiger partial charge in [0.2, 0.25) is 0 Å². The molecule has 0 atom stereocenters. The largest absolute Gasteiger partial charge is 0.493 e. The van der Waals surface area contributed by atoms with Gasteiger partial charge in [-0.1, -0.05) is 42.5 Å². The lowest BCUT2D eigenvalue weighted by atomic mass is 10.0. The van der Waals surface area contributed by atoms with Crippen LogP contribution in [0.25, 0.3) is 11.1 Å². The van der Waals surface area contributed by atoms with E-state index in [2.05, 4.69) is 11.9 Å². The van der Waals surface area contributed by atoms with E-state index in [1.807, 2.05) is 24.3 Å². The minimum Gasteiger partial charge on any atom is -0.493 e. The first-order valence-electron chi connectivity index (χ1n) is 11.8. The van der Waals surface area contributed by atoms with Crippen molar-refractivity contribution in [3.05, 3.63) is 102 Å². The number of aliphatic carboxylic acids is 1. The topological polar surface area (TPSA) is 75.6 Å². The number of halogens is 3. The number of carboxylic acids is 1. The summed E-state index contributed by atoms with van der Waals surface area (Å²) in [5, 5.41) is 11.3. The number of ether oxygens (including phenoxy) is 1. The van der Waals surface area contributed by atoms with E-state index in [0.717, 1.165) is 47.2 Å². The van der Waals surface area contributed by atoms with Crippen LogP contribution in [0.1, 0.15) is 39.9 Å². The molecule has 5 nitrogen and oxygen atoms in total. The average molecular weight is 512 g/mol. The molecule has 0 radical (unpaired) electrons. The summed E-state index contributed by atoms with van der Waals surface area (Å²) in [6.07, 6.45) is -0.774. The highest BCUT2D eigenvalue weighted by atomic mass is 19.4.